The second kappa shape index (κ2) is 4.77. The lowest BCUT2D eigenvalue weighted by molar-refractivity contribution is 0.658. The van der Waals surface area contributed by atoms with E-state index in [0.717, 1.165) is 16.9 Å². The lowest BCUT2D eigenvalue weighted by atomic mass is 10.1. The monoisotopic (exact) mass is 192 g/mol. The van der Waals surface area contributed by atoms with E-state index in [4.69, 9.17) is 4.18 Å². The normalized spacial score (nSPS) is 10.3. The van der Waals surface area contributed by atoms with E-state index in [2.05, 4.69) is 19.5 Å². The van der Waals surface area contributed by atoms with Crippen molar-refractivity contribution in [3.63, 3.8) is 0 Å². The van der Waals surface area contributed by atoms with Crippen LogP contribution in [0.2, 0.25) is 0 Å². The molecule has 0 aliphatic carbocycles. The van der Waals surface area contributed by atoms with Gasteiger partial charge in [0.05, 0.1) is 0 Å². The summed E-state index contributed by atoms with van der Waals surface area (Å²) in [5, 5.41) is 0. The van der Waals surface area contributed by atoms with Crippen LogP contribution in [0.4, 0.5) is 0 Å². The van der Waals surface area contributed by atoms with Gasteiger partial charge in [-0.1, -0.05) is 30.9 Å². The van der Waals surface area contributed by atoms with E-state index in [0.29, 0.717) is 0 Å². The van der Waals surface area contributed by atoms with E-state index in [9.17, 15) is 0 Å². The molecule has 0 radical (unpaired) electrons. The van der Waals surface area contributed by atoms with Gasteiger partial charge < -0.3 is 4.18 Å². The highest BCUT2D eigenvalue weighted by Crippen LogP contribution is 2.20. The molecule has 1 nitrogen and oxygen atoms in total. The quantitative estimate of drug-likeness (QED) is 0.569. The second-order valence-electron chi connectivity index (χ2n) is 2.59. The van der Waals surface area contributed by atoms with Crippen LogP contribution in [0.3, 0.4) is 0 Å². The van der Waals surface area contributed by atoms with Gasteiger partial charge in [-0.05, 0) is 30.2 Å². The van der Waals surface area contributed by atoms with E-state index >= 15 is 0 Å². The summed E-state index contributed by atoms with van der Waals surface area (Å²) in [5.74, 6) is 0.738. The van der Waals surface area contributed by atoms with Crippen molar-refractivity contribution < 1.29 is 4.18 Å². The molecule has 0 fully saturated rings. The van der Waals surface area contributed by atoms with Gasteiger partial charge in [-0.2, -0.15) is 0 Å². The van der Waals surface area contributed by atoms with Crippen molar-refractivity contribution in [2.24, 2.45) is 0 Å². The summed E-state index contributed by atoms with van der Waals surface area (Å²) >= 11 is 3.74. The summed E-state index contributed by atoms with van der Waals surface area (Å²) in [6, 6.07) is 5.73. The summed E-state index contributed by atoms with van der Waals surface area (Å²) in [7, 11) is 0. The lowest BCUT2D eigenvalue weighted by Gasteiger charge is -2.03. The first-order valence-electron chi connectivity index (χ1n) is 4.02. The molecule has 1 rings (SSSR count). The van der Waals surface area contributed by atoms with Crippen molar-refractivity contribution in [3.05, 3.63) is 42.0 Å². The Morgan fingerprint density at radius 2 is 2.15 bits per heavy atom. The molecular formula is C11H12OS. The summed E-state index contributed by atoms with van der Waals surface area (Å²) in [5.41, 5.74) is 2.18. The number of hydrogen-bond acceptors (Lipinski definition) is 2. The first-order chi connectivity index (χ1) is 6.31. The fourth-order valence-electron chi connectivity index (χ4n) is 1.12. The van der Waals surface area contributed by atoms with Crippen molar-refractivity contribution in [2.45, 2.75) is 6.92 Å². The van der Waals surface area contributed by atoms with Crippen molar-refractivity contribution >= 4 is 25.1 Å². The molecule has 13 heavy (non-hydrogen) atoms. The smallest absolute Gasteiger partial charge is 0.137 e. The molecule has 0 saturated carbocycles. The molecule has 0 atom stereocenters. The minimum absolute atomic E-state index is 0.738. The number of benzene rings is 1. The molecule has 0 aromatic heterocycles. The molecule has 0 unspecified atom stereocenters. The van der Waals surface area contributed by atoms with Gasteiger partial charge in [-0.25, -0.2) is 0 Å². The zero-order chi connectivity index (χ0) is 9.68. The third-order valence-electron chi connectivity index (χ3n) is 1.73. The van der Waals surface area contributed by atoms with E-state index in [1.54, 1.807) is 0 Å². The Balaban J connectivity index is 3.17. The maximum Gasteiger partial charge on any atom is 0.137 e. The fraction of sp³-hybridized carbons (Fsp3) is 0.0909. The van der Waals surface area contributed by atoms with Crippen LogP contribution in [0.25, 0.3) is 12.2 Å². The topological polar surface area (TPSA) is 9.23 Å². The van der Waals surface area contributed by atoms with Gasteiger partial charge in [0, 0.05) is 12.9 Å². The van der Waals surface area contributed by atoms with Crippen LogP contribution in [0.15, 0.2) is 30.9 Å². The van der Waals surface area contributed by atoms with Gasteiger partial charge in [0.25, 0.3) is 0 Å². The van der Waals surface area contributed by atoms with Crippen molar-refractivity contribution in [2.75, 3.05) is 0 Å². The van der Waals surface area contributed by atoms with Gasteiger partial charge in [-0.15, -0.1) is 0 Å². The standard InChI is InChI=1S/C11H12OS/c1-3-5-10-8-11(12-13)7-6-9(10)4-2/h3-8,13H,2H2,1H3/b5-3-. The molecule has 0 spiro atoms. The predicted octanol–water partition coefficient (Wildman–Crippen LogP) is 3.59. The zero-order valence-electron chi connectivity index (χ0n) is 7.53. The molecular weight excluding hydrogens is 180 g/mol. The Morgan fingerprint density at radius 1 is 1.38 bits per heavy atom. The highest BCUT2D eigenvalue weighted by atomic mass is 32.1. The van der Waals surface area contributed by atoms with Gasteiger partial charge in [-0.3, -0.25) is 0 Å². The Kier molecular flexibility index (Phi) is 3.65. The predicted molar refractivity (Wildman–Crippen MR) is 60.9 cm³/mol. The van der Waals surface area contributed by atoms with Crippen LogP contribution in [0.1, 0.15) is 18.1 Å². The first kappa shape index (κ1) is 9.93. The number of thiol groups is 1. The lowest BCUT2D eigenvalue weighted by Crippen LogP contribution is -1.82. The van der Waals surface area contributed by atoms with Gasteiger partial charge in [0.1, 0.15) is 5.75 Å². The van der Waals surface area contributed by atoms with Gasteiger partial charge in [0.15, 0.2) is 0 Å². The zero-order valence-corrected chi connectivity index (χ0v) is 8.42. The molecule has 1 aromatic rings. The molecule has 2 heteroatoms. The van der Waals surface area contributed by atoms with E-state index < -0.39 is 0 Å². The van der Waals surface area contributed by atoms with Crippen LogP contribution in [0, 0.1) is 0 Å². The third kappa shape index (κ3) is 2.39. The summed E-state index contributed by atoms with van der Waals surface area (Å²) in [6.45, 7) is 5.71. The number of allylic oxidation sites excluding steroid dienone is 1. The van der Waals surface area contributed by atoms with Gasteiger partial charge >= 0.3 is 0 Å². The van der Waals surface area contributed by atoms with Crippen molar-refractivity contribution in [3.8, 4) is 5.75 Å². The number of hydrogen-bond donors (Lipinski definition) is 1. The highest BCUT2D eigenvalue weighted by molar-refractivity contribution is 7.75. The maximum absolute atomic E-state index is 4.83. The van der Waals surface area contributed by atoms with Crippen LogP contribution in [-0.2, 0) is 0 Å². The van der Waals surface area contributed by atoms with Crippen LogP contribution in [0.5, 0.6) is 5.75 Å². The summed E-state index contributed by atoms with van der Waals surface area (Å²) < 4.78 is 4.83. The molecule has 1 aromatic carbocycles. The van der Waals surface area contributed by atoms with Crippen molar-refractivity contribution in [1.82, 2.24) is 0 Å². The van der Waals surface area contributed by atoms with E-state index in [1.165, 1.54) is 0 Å². The van der Waals surface area contributed by atoms with Crippen molar-refractivity contribution in [1.29, 1.82) is 0 Å². The first-order valence-corrected chi connectivity index (χ1v) is 4.39. The summed E-state index contributed by atoms with van der Waals surface area (Å²) in [4.78, 5) is 0. The molecule has 68 valence electrons. The molecule has 0 bridgehead atoms. The average molecular weight is 192 g/mol. The Morgan fingerprint density at radius 3 is 2.69 bits per heavy atom. The molecule has 0 saturated heterocycles. The molecule has 0 heterocycles. The number of rotatable bonds is 3. The van der Waals surface area contributed by atoms with Gasteiger partial charge in [0.2, 0.25) is 0 Å². The molecule has 0 N–H and O–H groups in total. The minimum atomic E-state index is 0.738. The molecule has 0 aliphatic heterocycles. The van der Waals surface area contributed by atoms with Crippen LogP contribution >= 0.6 is 12.9 Å². The van der Waals surface area contributed by atoms with E-state index in [1.807, 2.05) is 43.4 Å². The van der Waals surface area contributed by atoms with Crippen LogP contribution in [-0.4, -0.2) is 0 Å². The molecule has 0 amide bonds. The third-order valence-corrected chi connectivity index (χ3v) is 1.94. The highest BCUT2D eigenvalue weighted by Gasteiger charge is 1.97. The van der Waals surface area contributed by atoms with E-state index in [-0.39, 0.29) is 0 Å². The second-order valence-corrected chi connectivity index (χ2v) is 2.77. The summed E-state index contributed by atoms with van der Waals surface area (Å²) in [6.07, 6.45) is 5.80. The fourth-order valence-corrected chi connectivity index (χ4v) is 1.23. The maximum atomic E-state index is 4.83. The van der Waals surface area contributed by atoms with Crippen LogP contribution < -0.4 is 4.18 Å². The Hall–Kier alpha value is -1.15. The minimum Gasteiger partial charge on any atom is -0.429 e. The Bertz CT molecular complexity index is 329. The molecule has 0 aliphatic rings. The Labute approximate surface area is 84.4 Å². The average Bonchev–Trinajstić information content (AvgIpc) is 2.18. The largest absolute Gasteiger partial charge is 0.429 e. The SMILES string of the molecule is C=Cc1ccc(OS)cc1/C=C\C.